The van der Waals surface area contributed by atoms with E-state index in [1.807, 2.05) is 28.8 Å². The first-order valence-corrected chi connectivity index (χ1v) is 7.07. The molecular weight excluding hydrogens is 254 g/mol. The van der Waals surface area contributed by atoms with Crippen molar-refractivity contribution in [2.24, 2.45) is 5.92 Å². The number of imidazole rings is 1. The van der Waals surface area contributed by atoms with Crippen molar-refractivity contribution in [1.29, 1.82) is 0 Å². The third kappa shape index (κ3) is 2.82. The van der Waals surface area contributed by atoms with Gasteiger partial charge in [-0.05, 0) is 30.9 Å². The van der Waals surface area contributed by atoms with Crippen LogP contribution in [-0.2, 0) is 11.3 Å². The molecule has 2 aromatic rings. The van der Waals surface area contributed by atoms with Crippen LogP contribution in [0.25, 0.3) is 11.0 Å². The van der Waals surface area contributed by atoms with Crippen molar-refractivity contribution in [3.05, 3.63) is 30.6 Å². The van der Waals surface area contributed by atoms with Gasteiger partial charge in [-0.25, -0.2) is 4.98 Å². The Morgan fingerprint density at radius 1 is 1.40 bits per heavy atom. The normalized spacial score (nSPS) is 21.6. The summed E-state index contributed by atoms with van der Waals surface area (Å²) in [6.07, 6.45) is 3.70. The number of rotatable bonds is 5. The van der Waals surface area contributed by atoms with Crippen molar-refractivity contribution < 1.29 is 9.90 Å². The van der Waals surface area contributed by atoms with E-state index in [9.17, 15) is 9.90 Å². The molecule has 1 aromatic heterocycles. The summed E-state index contributed by atoms with van der Waals surface area (Å²) < 4.78 is 2.00. The van der Waals surface area contributed by atoms with Crippen molar-refractivity contribution in [3.63, 3.8) is 0 Å². The maximum atomic E-state index is 11.8. The topological polar surface area (TPSA) is 67.2 Å². The van der Waals surface area contributed by atoms with Crippen LogP contribution in [0.1, 0.15) is 19.3 Å². The number of aryl methyl sites for hydroxylation is 1. The highest BCUT2D eigenvalue weighted by molar-refractivity contribution is 5.77. The van der Waals surface area contributed by atoms with E-state index in [2.05, 4.69) is 10.3 Å². The number of benzene rings is 1. The van der Waals surface area contributed by atoms with E-state index in [-0.39, 0.29) is 12.0 Å². The van der Waals surface area contributed by atoms with Crippen molar-refractivity contribution in [2.75, 3.05) is 6.54 Å². The fourth-order valence-corrected chi connectivity index (χ4v) is 2.62. The third-order valence-corrected chi connectivity index (χ3v) is 3.91. The van der Waals surface area contributed by atoms with Crippen molar-refractivity contribution in [2.45, 2.75) is 31.9 Å². The number of nitrogens with zero attached hydrogens (tertiary/aromatic N) is 2. The average Bonchev–Trinajstić information content (AvgIpc) is 2.83. The van der Waals surface area contributed by atoms with Gasteiger partial charge in [0, 0.05) is 19.5 Å². The summed E-state index contributed by atoms with van der Waals surface area (Å²) in [5.41, 5.74) is 2.01. The lowest BCUT2D eigenvalue weighted by Crippen LogP contribution is -2.38. The third-order valence-electron chi connectivity index (χ3n) is 3.91. The van der Waals surface area contributed by atoms with Crippen molar-refractivity contribution in [1.82, 2.24) is 14.9 Å². The molecule has 1 aliphatic carbocycles. The van der Waals surface area contributed by atoms with Gasteiger partial charge in [-0.3, -0.25) is 4.79 Å². The maximum Gasteiger partial charge on any atom is 0.221 e. The predicted molar refractivity (Wildman–Crippen MR) is 76.1 cm³/mol. The summed E-state index contributed by atoms with van der Waals surface area (Å²) >= 11 is 0. The number of amides is 1. The van der Waals surface area contributed by atoms with Crippen LogP contribution in [0.3, 0.4) is 0 Å². The van der Waals surface area contributed by atoms with Crippen LogP contribution in [0.15, 0.2) is 30.6 Å². The molecule has 20 heavy (non-hydrogen) atoms. The Labute approximate surface area is 117 Å². The summed E-state index contributed by atoms with van der Waals surface area (Å²) in [6.45, 7) is 1.32. The number of hydrogen-bond donors (Lipinski definition) is 2. The minimum absolute atomic E-state index is 0.0594. The smallest absolute Gasteiger partial charge is 0.221 e. The van der Waals surface area contributed by atoms with E-state index in [0.29, 0.717) is 25.4 Å². The molecule has 0 saturated heterocycles. The minimum atomic E-state index is -0.158. The minimum Gasteiger partial charge on any atom is -0.393 e. The second-order valence-electron chi connectivity index (χ2n) is 5.47. The van der Waals surface area contributed by atoms with E-state index in [1.165, 1.54) is 0 Å². The molecule has 0 spiro atoms. The first-order chi connectivity index (χ1) is 9.72. The van der Waals surface area contributed by atoms with Crippen LogP contribution in [0, 0.1) is 5.92 Å². The second kappa shape index (κ2) is 5.63. The molecule has 1 amide bonds. The number of nitrogens with one attached hydrogen (secondary N) is 1. The second-order valence-corrected chi connectivity index (χ2v) is 5.47. The summed E-state index contributed by atoms with van der Waals surface area (Å²) in [5.74, 6) is 0.507. The Morgan fingerprint density at radius 3 is 3.00 bits per heavy atom. The standard InChI is InChI=1S/C15H19N3O2/c19-12-7-11(8-12)9-16-15(20)5-6-18-10-17-13-3-1-2-4-14(13)18/h1-4,10-12,19H,5-9H2,(H,16,20). The number of fused-ring (bicyclic) bond motifs is 1. The quantitative estimate of drug-likeness (QED) is 0.863. The molecule has 1 saturated carbocycles. The van der Waals surface area contributed by atoms with E-state index in [4.69, 9.17) is 0 Å². The van der Waals surface area contributed by atoms with Gasteiger partial charge in [0.15, 0.2) is 0 Å². The Kier molecular flexibility index (Phi) is 3.69. The Balaban J connectivity index is 1.48. The Hall–Kier alpha value is -1.88. The van der Waals surface area contributed by atoms with Gasteiger partial charge in [0.25, 0.3) is 0 Å². The molecule has 2 N–H and O–H groups in total. The molecule has 3 rings (SSSR count). The van der Waals surface area contributed by atoms with Crippen molar-refractivity contribution >= 4 is 16.9 Å². The van der Waals surface area contributed by atoms with E-state index in [1.54, 1.807) is 6.33 Å². The van der Waals surface area contributed by atoms with Crippen LogP contribution in [-0.4, -0.2) is 33.2 Å². The Bertz CT molecular complexity index is 602. The molecule has 1 heterocycles. The van der Waals surface area contributed by atoms with E-state index < -0.39 is 0 Å². The van der Waals surface area contributed by atoms with Crippen LogP contribution >= 0.6 is 0 Å². The number of para-hydroxylation sites is 2. The highest BCUT2D eigenvalue weighted by Gasteiger charge is 2.26. The van der Waals surface area contributed by atoms with Gasteiger partial charge in [0.1, 0.15) is 0 Å². The first-order valence-electron chi connectivity index (χ1n) is 7.07. The molecule has 1 aromatic carbocycles. The lowest BCUT2D eigenvalue weighted by molar-refractivity contribution is -0.121. The molecule has 0 atom stereocenters. The summed E-state index contributed by atoms with van der Waals surface area (Å²) in [5, 5.41) is 12.1. The first kappa shape index (κ1) is 13.1. The highest BCUT2D eigenvalue weighted by atomic mass is 16.3. The molecule has 0 aliphatic heterocycles. The Morgan fingerprint density at radius 2 is 2.20 bits per heavy atom. The van der Waals surface area contributed by atoms with Crippen LogP contribution < -0.4 is 5.32 Å². The van der Waals surface area contributed by atoms with Gasteiger partial charge >= 0.3 is 0 Å². The van der Waals surface area contributed by atoms with Crippen LogP contribution in [0.5, 0.6) is 0 Å². The van der Waals surface area contributed by atoms with Gasteiger partial charge in [-0.2, -0.15) is 0 Å². The largest absolute Gasteiger partial charge is 0.393 e. The molecular formula is C15H19N3O2. The van der Waals surface area contributed by atoms with E-state index in [0.717, 1.165) is 23.9 Å². The molecule has 1 aliphatic rings. The molecule has 0 unspecified atom stereocenters. The average molecular weight is 273 g/mol. The van der Waals surface area contributed by atoms with Crippen LogP contribution in [0.2, 0.25) is 0 Å². The van der Waals surface area contributed by atoms with Gasteiger partial charge in [-0.15, -0.1) is 0 Å². The summed E-state index contributed by atoms with van der Waals surface area (Å²) in [4.78, 5) is 16.1. The maximum absolute atomic E-state index is 11.8. The monoisotopic (exact) mass is 273 g/mol. The van der Waals surface area contributed by atoms with Gasteiger partial charge < -0.3 is 15.0 Å². The number of hydrogen-bond acceptors (Lipinski definition) is 3. The lowest BCUT2D eigenvalue weighted by atomic mass is 9.82. The van der Waals surface area contributed by atoms with Crippen LogP contribution in [0.4, 0.5) is 0 Å². The molecule has 1 fully saturated rings. The SMILES string of the molecule is O=C(CCn1cnc2ccccc21)NCC1CC(O)C1. The zero-order valence-corrected chi connectivity index (χ0v) is 11.3. The van der Waals surface area contributed by atoms with Gasteiger partial charge in [0.05, 0.1) is 23.5 Å². The van der Waals surface area contributed by atoms with E-state index >= 15 is 0 Å². The zero-order valence-electron chi connectivity index (χ0n) is 11.3. The van der Waals surface area contributed by atoms with Crippen molar-refractivity contribution in [3.8, 4) is 0 Å². The lowest BCUT2D eigenvalue weighted by Gasteiger charge is -2.31. The fourth-order valence-electron chi connectivity index (χ4n) is 2.62. The molecule has 5 nitrogen and oxygen atoms in total. The zero-order chi connectivity index (χ0) is 13.9. The molecule has 0 bridgehead atoms. The number of aromatic nitrogens is 2. The summed E-state index contributed by atoms with van der Waals surface area (Å²) in [6, 6.07) is 7.91. The number of aliphatic hydroxyl groups excluding tert-OH is 1. The predicted octanol–water partition coefficient (Wildman–Crippen LogP) is 1.31. The number of carbonyl (C=O) groups excluding carboxylic acids is 1. The van der Waals surface area contributed by atoms with Gasteiger partial charge in [0.2, 0.25) is 5.91 Å². The van der Waals surface area contributed by atoms with Gasteiger partial charge in [-0.1, -0.05) is 12.1 Å². The molecule has 5 heteroatoms. The molecule has 0 radical (unpaired) electrons. The number of carbonyl (C=O) groups is 1. The highest BCUT2D eigenvalue weighted by Crippen LogP contribution is 2.26. The summed E-state index contributed by atoms with van der Waals surface area (Å²) in [7, 11) is 0. The number of aliphatic hydroxyl groups is 1. The fraction of sp³-hybridized carbons (Fsp3) is 0.467. The molecule has 106 valence electrons.